The summed E-state index contributed by atoms with van der Waals surface area (Å²) in [5.74, 6) is 0.337. The maximum atomic E-state index is 11.8. The van der Waals surface area contributed by atoms with E-state index in [0.29, 0.717) is 6.61 Å². The second kappa shape index (κ2) is 5.25. The first kappa shape index (κ1) is 12.0. The van der Waals surface area contributed by atoms with Crippen LogP contribution in [0.15, 0.2) is 0 Å². The van der Waals surface area contributed by atoms with E-state index in [9.17, 15) is 4.79 Å². The van der Waals surface area contributed by atoms with Crippen LogP contribution < -0.4 is 0 Å². The molecule has 0 bridgehead atoms. The molecule has 16 heavy (non-hydrogen) atoms. The first-order valence-electron chi connectivity index (χ1n) is 5.99. The quantitative estimate of drug-likeness (QED) is 0.727. The van der Waals surface area contributed by atoms with Gasteiger partial charge in [0.1, 0.15) is 6.61 Å². The van der Waals surface area contributed by atoms with Gasteiger partial charge in [0, 0.05) is 32.8 Å². The molecular weight excluding hydrogens is 208 g/mol. The summed E-state index contributed by atoms with van der Waals surface area (Å²) in [7, 11) is 1.57. The Hall–Kier alpha value is -0.450. The molecule has 0 aromatic heterocycles. The van der Waals surface area contributed by atoms with Crippen molar-refractivity contribution in [3.05, 3.63) is 0 Å². The molecule has 4 heteroatoms. The first-order chi connectivity index (χ1) is 7.76. The second-order valence-electron chi connectivity index (χ2n) is 4.73. The monoisotopic (exact) mass is 228 g/mol. The minimum atomic E-state index is -0.0927. The normalized spacial score (nSPS) is 29.2. The highest BCUT2D eigenvalue weighted by atomic mass is 16.5. The van der Waals surface area contributed by atoms with Gasteiger partial charge >= 0.3 is 0 Å². The van der Waals surface area contributed by atoms with Gasteiger partial charge in [0.05, 0.1) is 5.60 Å². The van der Waals surface area contributed by atoms with Crippen LogP contribution in [0.2, 0.25) is 0 Å². The highest BCUT2D eigenvalue weighted by molar-refractivity contribution is 5.82. The lowest BCUT2D eigenvalue weighted by Gasteiger charge is -2.42. The summed E-state index contributed by atoms with van der Waals surface area (Å²) in [5, 5.41) is 0. The molecule has 0 radical (unpaired) electrons. The van der Waals surface area contributed by atoms with Crippen molar-refractivity contribution in [2.75, 3.05) is 33.5 Å². The largest absolute Gasteiger partial charge is 0.381 e. The maximum absolute atomic E-state index is 11.8. The van der Waals surface area contributed by atoms with Gasteiger partial charge in [-0.2, -0.15) is 0 Å². The topological polar surface area (TPSA) is 44.8 Å². The fourth-order valence-electron chi connectivity index (χ4n) is 2.65. The van der Waals surface area contributed by atoms with E-state index in [1.807, 2.05) is 0 Å². The van der Waals surface area contributed by atoms with Gasteiger partial charge in [-0.05, 0) is 25.7 Å². The van der Waals surface area contributed by atoms with Crippen molar-refractivity contribution in [2.45, 2.75) is 31.3 Å². The van der Waals surface area contributed by atoms with E-state index in [2.05, 4.69) is 0 Å². The van der Waals surface area contributed by atoms with Crippen molar-refractivity contribution in [3.8, 4) is 0 Å². The molecule has 0 aromatic carbocycles. The number of Topliss-reactive ketones (excluding diaryl/α,β-unsaturated/α-hetero) is 1. The lowest BCUT2D eigenvalue weighted by Crippen LogP contribution is -2.46. The summed E-state index contributed by atoms with van der Waals surface area (Å²) in [6, 6.07) is 0. The van der Waals surface area contributed by atoms with Crippen LogP contribution in [0.1, 0.15) is 25.7 Å². The Morgan fingerprint density at radius 3 is 2.81 bits per heavy atom. The van der Waals surface area contributed by atoms with Gasteiger partial charge in [-0.15, -0.1) is 0 Å². The summed E-state index contributed by atoms with van der Waals surface area (Å²) in [4.78, 5) is 11.8. The summed E-state index contributed by atoms with van der Waals surface area (Å²) >= 11 is 0. The number of hydrogen-bond acceptors (Lipinski definition) is 4. The molecule has 0 N–H and O–H groups in total. The van der Waals surface area contributed by atoms with E-state index >= 15 is 0 Å². The van der Waals surface area contributed by atoms with E-state index in [1.165, 1.54) is 0 Å². The van der Waals surface area contributed by atoms with Crippen molar-refractivity contribution < 1.29 is 19.0 Å². The molecule has 1 spiro atoms. The average Bonchev–Trinajstić information content (AvgIpc) is 2.30. The SMILES string of the molecule is COCC(=O)C1CCOC2(CCOCC2)C1. The van der Waals surface area contributed by atoms with Crippen LogP contribution in [0, 0.1) is 5.92 Å². The number of ketones is 1. The zero-order valence-corrected chi connectivity index (χ0v) is 9.87. The Bertz CT molecular complexity index is 240. The Labute approximate surface area is 96.2 Å². The molecule has 0 aromatic rings. The fraction of sp³-hybridized carbons (Fsp3) is 0.917. The number of carbonyl (C=O) groups excluding carboxylic acids is 1. The first-order valence-corrected chi connectivity index (χ1v) is 5.99. The standard InChI is InChI=1S/C12H20O4/c1-14-9-11(13)10-2-5-16-12(8-10)3-6-15-7-4-12/h10H,2-9H2,1H3. The number of methoxy groups -OCH3 is 1. The van der Waals surface area contributed by atoms with Crippen molar-refractivity contribution in [1.29, 1.82) is 0 Å². The van der Waals surface area contributed by atoms with Crippen LogP contribution in [0.4, 0.5) is 0 Å². The van der Waals surface area contributed by atoms with Crippen LogP contribution >= 0.6 is 0 Å². The number of rotatable bonds is 3. The van der Waals surface area contributed by atoms with Gasteiger partial charge in [-0.3, -0.25) is 4.79 Å². The van der Waals surface area contributed by atoms with Crippen molar-refractivity contribution >= 4 is 5.78 Å². The predicted octanol–water partition coefficient (Wildman–Crippen LogP) is 1.18. The molecule has 4 nitrogen and oxygen atoms in total. The van der Waals surface area contributed by atoms with Crippen LogP contribution in [0.3, 0.4) is 0 Å². The Morgan fingerprint density at radius 1 is 1.38 bits per heavy atom. The van der Waals surface area contributed by atoms with E-state index in [4.69, 9.17) is 14.2 Å². The summed E-state index contributed by atoms with van der Waals surface area (Å²) in [6.07, 6.45) is 3.52. The Balaban J connectivity index is 1.94. The van der Waals surface area contributed by atoms with Crippen molar-refractivity contribution in [3.63, 3.8) is 0 Å². The van der Waals surface area contributed by atoms with E-state index in [0.717, 1.165) is 38.9 Å². The highest BCUT2D eigenvalue weighted by Crippen LogP contribution is 2.37. The molecule has 0 amide bonds. The third-order valence-electron chi connectivity index (χ3n) is 3.64. The number of hydrogen-bond donors (Lipinski definition) is 0. The molecule has 1 atom stereocenters. The maximum Gasteiger partial charge on any atom is 0.161 e. The molecule has 1 unspecified atom stereocenters. The molecule has 2 rings (SSSR count). The van der Waals surface area contributed by atoms with Crippen LogP contribution in [0.5, 0.6) is 0 Å². The minimum absolute atomic E-state index is 0.0927. The Morgan fingerprint density at radius 2 is 2.12 bits per heavy atom. The molecule has 0 aliphatic carbocycles. The highest BCUT2D eigenvalue weighted by Gasteiger charge is 2.40. The van der Waals surface area contributed by atoms with Gasteiger partial charge in [0.15, 0.2) is 5.78 Å². The second-order valence-corrected chi connectivity index (χ2v) is 4.73. The molecule has 2 aliphatic heterocycles. The summed E-state index contributed by atoms with van der Waals surface area (Å²) < 4.78 is 16.2. The molecule has 0 saturated carbocycles. The fourth-order valence-corrected chi connectivity index (χ4v) is 2.65. The zero-order chi connectivity index (χ0) is 11.4. The van der Waals surface area contributed by atoms with Crippen LogP contribution in [-0.4, -0.2) is 44.9 Å². The Kier molecular flexibility index (Phi) is 3.95. The van der Waals surface area contributed by atoms with E-state index in [1.54, 1.807) is 7.11 Å². The lowest BCUT2D eigenvalue weighted by molar-refractivity contribution is -0.158. The molecule has 2 heterocycles. The minimum Gasteiger partial charge on any atom is -0.381 e. The molecule has 92 valence electrons. The van der Waals surface area contributed by atoms with Gasteiger partial charge in [-0.1, -0.05) is 0 Å². The van der Waals surface area contributed by atoms with Gasteiger partial charge < -0.3 is 14.2 Å². The lowest BCUT2D eigenvalue weighted by atomic mass is 9.79. The van der Waals surface area contributed by atoms with Crippen molar-refractivity contribution in [2.24, 2.45) is 5.92 Å². The molecule has 2 fully saturated rings. The summed E-state index contributed by atoms with van der Waals surface area (Å²) in [6.45, 7) is 2.44. The van der Waals surface area contributed by atoms with Gasteiger partial charge in [-0.25, -0.2) is 0 Å². The summed E-state index contributed by atoms with van der Waals surface area (Å²) in [5.41, 5.74) is -0.0927. The van der Waals surface area contributed by atoms with E-state index < -0.39 is 0 Å². The third-order valence-corrected chi connectivity index (χ3v) is 3.64. The molecular formula is C12H20O4. The predicted molar refractivity (Wildman–Crippen MR) is 58.3 cm³/mol. The smallest absolute Gasteiger partial charge is 0.161 e. The number of ether oxygens (including phenoxy) is 3. The third kappa shape index (κ3) is 2.62. The molecule has 2 saturated heterocycles. The van der Waals surface area contributed by atoms with Crippen LogP contribution in [-0.2, 0) is 19.0 Å². The number of carbonyl (C=O) groups is 1. The van der Waals surface area contributed by atoms with Crippen molar-refractivity contribution in [1.82, 2.24) is 0 Å². The van der Waals surface area contributed by atoms with Crippen LogP contribution in [0.25, 0.3) is 0 Å². The zero-order valence-electron chi connectivity index (χ0n) is 9.87. The van der Waals surface area contributed by atoms with Gasteiger partial charge in [0.2, 0.25) is 0 Å². The van der Waals surface area contributed by atoms with Gasteiger partial charge in [0.25, 0.3) is 0 Å². The average molecular weight is 228 g/mol. The molecule has 2 aliphatic rings. The van der Waals surface area contributed by atoms with E-state index in [-0.39, 0.29) is 23.9 Å².